The number of hydrogen-bond donors (Lipinski definition) is 1. The fraction of sp³-hybridized carbons (Fsp3) is 0.316. The number of amides is 1. The lowest BCUT2D eigenvalue weighted by atomic mass is 10.1. The van der Waals surface area contributed by atoms with Gasteiger partial charge in [-0.2, -0.15) is 0 Å². The minimum Gasteiger partial charge on any atom is -0.508 e. The number of anilines is 1. The molecule has 2 aromatic rings. The molecular formula is C19H22N2O3. The molecule has 0 aliphatic carbocycles. The average Bonchev–Trinajstić information content (AvgIpc) is 2.96. The van der Waals surface area contributed by atoms with Crippen LogP contribution in [0.4, 0.5) is 5.69 Å². The number of likely N-dealkylation sites (N-methyl/N-ethyl adjacent to an activating group) is 1. The van der Waals surface area contributed by atoms with E-state index in [-0.39, 0.29) is 17.7 Å². The molecule has 1 saturated heterocycles. The molecule has 126 valence electrons. The van der Waals surface area contributed by atoms with Crippen molar-refractivity contribution in [1.29, 1.82) is 0 Å². The molecule has 24 heavy (non-hydrogen) atoms. The first-order valence-corrected chi connectivity index (χ1v) is 8.02. The van der Waals surface area contributed by atoms with Crippen LogP contribution in [-0.4, -0.2) is 42.7 Å². The molecule has 0 radical (unpaired) electrons. The lowest BCUT2D eigenvalue weighted by molar-refractivity contribution is -0.121. The van der Waals surface area contributed by atoms with E-state index in [1.165, 1.54) is 0 Å². The third-order valence-electron chi connectivity index (χ3n) is 4.43. The van der Waals surface area contributed by atoms with Gasteiger partial charge >= 0.3 is 0 Å². The number of hydrogen-bond acceptors (Lipinski definition) is 4. The summed E-state index contributed by atoms with van der Waals surface area (Å²) in [7, 11) is 3.56. The number of rotatable bonds is 5. The minimum absolute atomic E-state index is 0.0853. The predicted octanol–water partition coefficient (Wildman–Crippen LogP) is 2.64. The molecule has 1 heterocycles. The summed E-state index contributed by atoms with van der Waals surface area (Å²) in [5.41, 5.74) is 1.80. The van der Waals surface area contributed by atoms with Gasteiger partial charge in [0.1, 0.15) is 11.5 Å². The number of aromatic hydroxyl groups is 1. The van der Waals surface area contributed by atoms with E-state index in [4.69, 9.17) is 4.74 Å². The van der Waals surface area contributed by atoms with E-state index >= 15 is 0 Å². The van der Waals surface area contributed by atoms with Gasteiger partial charge in [-0.3, -0.25) is 9.69 Å². The smallest absolute Gasteiger partial charge is 0.244 e. The number of ether oxygens (including phenoxy) is 1. The Kier molecular flexibility index (Phi) is 4.71. The lowest BCUT2D eigenvalue weighted by Gasteiger charge is -2.24. The van der Waals surface area contributed by atoms with Gasteiger partial charge < -0.3 is 14.7 Å². The first-order valence-electron chi connectivity index (χ1n) is 8.02. The zero-order valence-corrected chi connectivity index (χ0v) is 14.0. The second-order valence-electron chi connectivity index (χ2n) is 6.05. The van der Waals surface area contributed by atoms with Crippen LogP contribution in [0.2, 0.25) is 0 Å². The SMILES string of the molecule is COc1ccccc1N1CCC(N(C)Cc2cccc(O)c2)C1=O. The predicted molar refractivity (Wildman–Crippen MR) is 93.3 cm³/mol. The number of nitrogens with zero attached hydrogens (tertiary/aromatic N) is 2. The van der Waals surface area contributed by atoms with Gasteiger partial charge in [0.25, 0.3) is 0 Å². The number of phenols is 1. The summed E-state index contributed by atoms with van der Waals surface area (Å²) >= 11 is 0. The van der Waals surface area contributed by atoms with Gasteiger partial charge in [-0.1, -0.05) is 24.3 Å². The summed E-state index contributed by atoms with van der Waals surface area (Å²) in [5.74, 6) is 1.04. The van der Waals surface area contributed by atoms with Gasteiger partial charge in [-0.05, 0) is 43.3 Å². The summed E-state index contributed by atoms with van der Waals surface area (Å²) < 4.78 is 5.38. The van der Waals surface area contributed by atoms with Crippen LogP contribution in [0.5, 0.6) is 11.5 Å². The van der Waals surface area contributed by atoms with Crippen molar-refractivity contribution in [2.24, 2.45) is 0 Å². The maximum absolute atomic E-state index is 12.9. The molecule has 1 fully saturated rings. The highest BCUT2D eigenvalue weighted by atomic mass is 16.5. The van der Waals surface area contributed by atoms with Crippen LogP contribution in [0.15, 0.2) is 48.5 Å². The lowest BCUT2D eigenvalue weighted by Crippen LogP contribution is -2.39. The van der Waals surface area contributed by atoms with Crippen molar-refractivity contribution < 1.29 is 14.6 Å². The maximum atomic E-state index is 12.9. The Morgan fingerprint density at radius 1 is 1.25 bits per heavy atom. The normalized spacial score (nSPS) is 17.5. The summed E-state index contributed by atoms with van der Waals surface area (Å²) in [6, 6.07) is 14.6. The van der Waals surface area contributed by atoms with Crippen molar-refractivity contribution in [3.05, 3.63) is 54.1 Å². The van der Waals surface area contributed by atoms with Gasteiger partial charge in [0.15, 0.2) is 0 Å². The zero-order valence-electron chi connectivity index (χ0n) is 14.0. The van der Waals surface area contributed by atoms with E-state index in [9.17, 15) is 9.90 Å². The molecule has 0 aromatic heterocycles. The summed E-state index contributed by atoms with van der Waals surface area (Å²) in [6.45, 7) is 1.29. The molecule has 0 saturated carbocycles. The molecule has 1 N–H and O–H groups in total. The molecule has 3 rings (SSSR count). The molecule has 5 nitrogen and oxygen atoms in total. The maximum Gasteiger partial charge on any atom is 0.244 e. The second-order valence-corrected chi connectivity index (χ2v) is 6.05. The van der Waals surface area contributed by atoms with Crippen LogP contribution in [0.1, 0.15) is 12.0 Å². The van der Waals surface area contributed by atoms with Gasteiger partial charge in [0.2, 0.25) is 5.91 Å². The number of para-hydroxylation sites is 2. The van der Waals surface area contributed by atoms with Crippen molar-refractivity contribution in [2.75, 3.05) is 25.6 Å². The Labute approximate surface area is 142 Å². The third kappa shape index (κ3) is 3.21. The molecular weight excluding hydrogens is 304 g/mol. The van der Waals surface area contributed by atoms with E-state index in [1.54, 1.807) is 24.1 Å². The Balaban J connectivity index is 1.74. The zero-order chi connectivity index (χ0) is 17.1. The van der Waals surface area contributed by atoms with Crippen LogP contribution in [0.25, 0.3) is 0 Å². The van der Waals surface area contributed by atoms with E-state index in [0.717, 1.165) is 17.7 Å². The summed E-state index contributed by atoms with van der Waals surface area (Å²) in [6.07, 6.45) is 0.770. The molecule has 0 spiro atoms. The first-order chi connectivity index (χ1) is 11.6. The molecule has 1 unspecified atom stereocenters. The van der Waals surface area contributed by atoms with Gasteiger partial charge in [-0.25, -0.2) is 0 Å². The largest absolute Gasteiger partial charge is 0.508 e. The number of carbonyl (C=O) groups is 1. The highest BCUT2D eigenvalue weighted by Crippen LogP contribution is 2.32. The summed E-state index contributed by atoms with van der Waals surface area (Å²) in [4.78, 5) is 16.7. The Bertz CT molecular complexity index is 732. The number of carbonyl (C=O) groups excluding carboxylic acids is 1. The number of methoxy groups -OCH3 is 1. The Morgan fingerprint density at radius 3 is 2.79 bits per heavy atom. The quantitative estimate of drug-likeness (QED) is 0.918. The summed E-state index contributed by atoms with van der Waals surface area (Å²) in [5, 5.41) is 9.58. The van der Waals surface area contributed by atoms with E-state index < -0.39 is 0 Å². The van der Waals surface area contributed by atoms with Gasteiger partial charge in [0.05, 0.1) is 18.8 Å². The van der Waals surface area contributed by atoms with Crippen LogP contribution in [0.3, 0.4) is 0 Å². The van der Waals surface area contributed by atoms with Crippen LogP contribution in [0, 0.1) is 0 Å². The fourth-order valence-electron chi connectivity index (χ4n) is 3.22. The molecule has 2 aromatic carbocycles. The van der Waals surface area contributed by atoms with Crippen LogP contribution in [-0.2, 0) is 11.3 Å². The van der Waals surface area contributed by atoms with Crippen molar-refractivity contribution >= 4 is 11.6 Å². The van der Waals surface area contributed by atoms with Crippen molar-refractivity contribution in [2.45, 2.75) is 19.0 Å². The average molecular weight is 326 g/mol. The second kappa shape index (κ2) is 6.93. The number of phenolic OH excluding ortho intramolecular Hbond substituents is 1. The molecule has 0 bridgehead atoms. The Hall–Kier alpha value is -2.53. The third-order valence-corrected chi connectivity index (χ3v) is 4.43. The van der Waals surface area contributed by atoms with Crippen molar-refractivity contribution in [3.8, 4) is 11.5 Å². The van der Waals surface area contributed by atoms with E-state index in [1.807, 2.05) is 48.3 Å². The molecule has 1 amide bonds. The molecule has 1 atom stereocenters. The standard InChI is InChI=1S/C19H22N2O3/c1-20(13-14-6-5-7-15(22)12-14)17-10-11-21(19(17)23)16-8-3-4-9-18(16)24-2/h3-9,12,17,22H,10-11,13H2,1-2H3. The highest BCUT2D eigenvalue weighted by molar-refractivity contribution is 6.00. The van der Waals surface area contributed by atoms with E-state index in [0.29, 0.717) is 18.8 Å². The number of benzene rings is 2. The minimum atomic E-state index is -0.169. The molecule has 1 aliphatic rings. The highest BCUT2D eigenvalue weighted by Gasteiger charge is 2.36. The van der Waals surface area contributed by atoms with Crippen molar-refractivity contribution in [1.82, 2.24) is 4.90 Å². The van der Waals surface area contributed by atoms with Gasteiger partial charge in [0, 0.05) is 13.1 Å². The molecule has 5 heteroatoms. The van der Waals surface area contributed by atoms with Crippen LogP contribution >= 0.6 is 0 Å². The van der Waals surface area contributed by atoms with Gasteiger partial charge in [-0.15, -0.1) is 0 Å². The monoisotopic (exact) mass is 326 g/mol. The topological polar surface area (TPSA) is 53.0 Å². The Morgan fingerprint density at radius 2 is 2.04 bits per heavy atom. The van der Waals surface area contributed by atoms with Crippen LogP contribution < -0.4 is 9.64 Å². The first kappa shape index (κ1) is 16.3. The van der Waals surface area contributed by atoms with E-state index in [2.05, 4.69) is 0 Å². The fourth-order valence-corrected chi connectivity index (χ4v) is 3.22. The molecule has 1 aliphatic heterocycles. The van der Waals surface area contributed by atoms with Crippen molar-refractivity contribution in [3.63, 3.8) is 0 Å².